The Hall–Kier alpha value is -3.13. The molecule has 8 heteroatoms. The number of carbonyl (C=O) groups is 1. The normalized spacial score (nSPS) is 14.2. The van der Waals surface area contributed by atoms with Crippen LogP contribution in [0.15, 0.2) is 42.5 Å². The van der Waals surface area contributed by atoms with E-state index in [4.69, 9.17) is 4.74 Å². The molecule has 1 aliphatic rings. The average molecular weight is 397 g/mol. The number of hydrogen-bond acceptors (Lipinski definition) is 4. The highest BCUT2D eigenvalue weighted by Crippen LogP contribution is 2.35. The molecule has 7 nitrogen and oxygen atoms in total. The molecule has 1 aromatic heterocycles. The van der Waals surface area contributed by atoms with E-state index in [2.05, 4.69) is 20.6 Å². The fourth-order valence-corrected chi connectivity index (χ4v) is 3.50. The van der Waals surface area contributed by atoms with E-state index in [-0.39, 0.29) is 11.8 Å². The molecule has 2 N–H and O–H groups in total. The fraction of sp³-hybridized carbons (Fsp3) is 0.333. The van der Waals surface area contributed by atoms with E-state index in [1.807, 2.05) is 25.1 Å². The number of halogens is 1. The summed E-state index contributed by atoms with van der Waals surface area (Å²) in [6, 6.07) is 11.8. The van der Waals surface area contributed by atoms with E-state index in [1.54, 1.807) is 16.8 Å². The lowest BCUT2D eigenvalue weighted by Crippen LogP contribution is -2.36. The van der Waals surface area contributed by atoms with Crippen molar-refractivity contribution in [2.75, 3.05) is 43.1 Å². The van der Waals surface area contributed by atoms with E-state index in [0.29, 0.717) is 31.3 Å². The first-order chi connectivity index (χ1) is 14.2. The molecule has 1 saturated heterocycles. The minimum absolute atomic E-state index is 0.311. The molecule has 2 amide bonds. The summed E-state index contributed by atoms with van der Waals surface area (Å²) in [6.45, 7) is 5.37. The highest BCUT2D eigenvalue weighted by atomic mass is 19.1. The van der Waals surface area contributed by atoms with Gasteiger partial charge in [-0.1, -0.05) is 19.1 Å². The highest BCUT2D eigenvalue weighted by Gasteiger charge is 2.21. The monoisotopic (exact) mass is 397 g/mol. The number of morpholine rings is 1. The van der Waals surface area contributed by atoms with Gasteiger partial charge in [0.05, 0.1) is 35.5 Å². The minimum Gasteiger partial charge on any atom is -0.378 e. The van der Waals surface area contributed by atoms with Crippen LogP contribution in [0.5, 0.6) is 0 Å². The molecule has 2 aromatic carbocycles. The number of urea groups is 1. The molecule has 0 atom stereocenters. The lowest BCUT2D eigenvalue weighted by atomic mass is 10.1. The van der Waals surface area contributed by atoms with E-state index in [9.17, 15) is 9.18 Å². The first-order valence-electron chi connectivity index (χ1n) is 9.82. The minimum atomic E-state index is -0.342. The number of carbonyl (C=O) groups excluding carboxylic acids is 1. The Kier molecular flexibility index (Phi) is 5.62. The third-order valence-corrected chi connectivity index (χ3v) is 4.86. The number of hydrogen-bond donors (Lipinski definition) is 2. The molecule has 1 fully saturated rings. The Morgan fingerprint density at radius 2 is 2.00 bits per heavy atom. The molecule has 0 bridgehead atoms. The van der Waals surface area contributed by atoms with Gasteiger partial charge in [0.15, 0.2) is 5.82 Å². The molecule has 0 saturated carbocycles. The van der Waals surface area contributed by atoms with Gasteiger partial charge in [-0.3, -0.25) is 5.32 Å². The SMILES string of the molecule is CCCNC(=O)Nc1nn(-c2cccc(F)c2)c2cccc(N3CCOCC3)c12. The number of amides is 2. The summed E-state index contributed by atoms with van der Waals surface area (Å²) in [5.74, 6) is 0.102. The van der Waals surface area contributed by atoms with Crippen LogP contribution in [-0.2, 0) is 4.74 Å². The lowest BCUT2D eigenvalue weighted by Gasteiger charge is -2.29. The fourth-order valence-electron chi connectivity index (χ4n) is 3.50. The Morgan fingerprint density at radius 1 is 1.21 bits per heavy atom. The van der Waals surface area contributed by atoms with E-state index >= 15 is 0 Å². The summed E-state index contributed by atoms with van der Waals surface area (Å²) in [5.41, 5.74) is 2.36. The van der Waals surface area contributed by atoms with Gasteiger partial charge < -0.3 is 15.0 Å². The van der Waals surface area contributed by atoms with Gasteiger partial charge in [0, 0.05) is 19.6 Å². The zero-order chi connectivity index (χ0) is 20.2. The van der Waals surface area contributed by atoms with E-state index in [0.717, 1.165) is 36.1 Å². The Labute approximate surface area is 168 Å². The number of benzene rings is 2. The maximum absolute atomic E-state index is 13.8. The van der Waals surface area contributed by atoms with Gasteiger partial charge in [-0.05, 0) is 36.8 Å². The topological polar surface area (TPSA) is 71.4 Å². The third-order valence-electron chi connectivity index (χ3n) is 4.86. The summed E-state index contributed by atoms with van der Waals surface area (Å²) in [4.78, 5) is 14.6. The molecule has 2 heterocycles. The van der Waals surface area contributed by atoms with Gasteiger partial charge in [-0.2, -0.15) is 0 Å². The van der Waals surface area contributed by atoms with Crippen molar-refractivity contribution in [3.8, 4) is 5.69 Å². The van der Waals surface area contributed by atoms with Crippen LogP contribution < -0.4 is 15.5 Å². The molecule has 0 aliphatic carbocycles. The largest absolute Gasteiger partial charge is 0.378 e. The first kappa shape index (κ1) is 19.2. The Morgan fingerprint density at radius 3 is 2.76 bits per heavy atom. The maximum atomic E-state index is 13.8. The van der Waals surface area contributed by atoms with Crippen LogP contribution in [0.1, 0.15) is 13.3 Å². The third kappa shape index (κ3) is 4.02. The first-order valence-corrected chi connectivity index (χ1v) is 9.82. The van der Waals surface area contributed by atoms with Crippen LogP contribution in [0.2, 0.25) is 0 Å². The molecule has 4 rings (SSSR count). The summed E-state index contributed by atoms with van der Waals surface area (Å²) >= 11 is 0. The van der Waals surface area contributed by atoms with Crippen LogP contribution in [0.4, 0.5) is 20.7 Å². The van der Waals surface area contributed by atoms with Crippen molar-refractivity contribution in [2.45, 2.75) is 13.3 Å². The van der Waals surface area contributed by atoms with Crippen molar-refractivity contribution in [1.29, 1.82) is 0 Å². The maximum Gasteiger partial charge on any atom is 0.320 e. The second-order valence-corrected chi connectivity index (χ2v) is 6.89. The van der Waals surface area contributed by atoms with Gasteiger partial charge in [0.1, 0.15) is 5.82 Å². The zero-order valence-electron chi connectivity index (χ0n) is 16.3. The van der Waals surface area contributed by atoms with Crippen molar-refractivity contribution in [2.24, 2.45) is 0 Å². The van der Waals surface area contributed by atoms with Crippen molar-refractivity contribution in [3.63, 3.8) is 0 Å². The van der Waals surface area contributed by atoms with E-state index in [1.165, 1.54) is 12.1 Å². The number of ether oxygens (including phenoxy) is 1. The molecular weight excluding hydrogens is 373 g/mol. The lowest BCUT2D eigenvalue weighted by molar-refractivity contribution is 0.123. The zero-order valence-corrected chi connectivity index (χ0v) is 16.3. The van der Waals surface area contributed by atoms with Gasteiger partial charge in [-0.15, -0.1) is 5.10 Å². The van der Waals surface area contributed by atoms with Crippen LogP contribution in [0, 0.1) is 5.82 Å². The number of fused-ring (bicyclic) bond motifs is 1. The number of rotatable bonds is 5. The summed E-state index contributed by atoms with van der Waals surface area (Å²) in [5, 5.41) is 11.1. The highest BCUT2D eigenvalue weighted by molar-refractivity contribution is 6.06. The van der Waals surface area contributed by atoms with Crippen LogP contribution in [-0.4, -0.2) is 48.7 Å². The van der Waals surface area contributed by atoms with Gasteiger partial charge >= 0.3 is 6.03 Å². The molecule has 29 heavy (non-hydrogen) atoms. The summed E-state index contributed by atoms with van der Waals surface area (Å²) < 4.78 is 21.0. The van der Waals surface area contributed by atoms with Gasteiger partial charge in [0.2, 0.25) is 0 Å². The molecule has 3 aromatic rings. The van der Waals surface area contributed by atoms with E-state index < -0.39 is 0 Å². The molecule has 1 aliphatic heterocycles. The van der Waals surface area contributed by atoms with Crippen molar-refractivity contribution in [1.82, 2.24) is 15.1 Å². The molecule has 152 valence electrons. The van der Waals surface area contributed by atoms with Crippen LogP contribution in [0.25, 0.3) is 16.6 Å². The predicted octanol–water partition coefficient (Wildman–Crippen LogP) is 3.53. The number of anilines is 2. The standard InChI is InChI=1S/C21H24FN5O2/c1-2-9-23-21(28)24-20-19-17(26-10-12-29-13-11-26)7-4-8-18(19)27(25-20)16-6-3-5-15(22)14-16/h3-8,14H,2,9-13H2,1H3,(H2,23,24,25,28). The smallest absolute Gasteiger partial charge is 0.320 e. The molecular formula is C21H24FN5O2. The molecule has 0 radical (unpaired) electrons. The number of nitrogens with zero attached hydrogens (tertiary/aromatic N) is 3. The molecule has 0 spiro atoms. The Balaban J connectivity index is 1.83. The number of aromatic nitrogens is 2. The molecule has 0 unspecified atom stereocenters. The van der Waals surface area contributed by atoms with Crippen molar-refractivity contribution in [3.05, 3.63) is 48.3 Å². The summed E-state index contributed by atoms with van der Waals surface area (Å²) in [7, 11) is 0. The Bertz CT molecular complexity index is 1010. The van der Waals surface area contributed by atoms with Crippen LogP contribution >= 0.6 is 0 Å². The second-order valence-electron chi connectivity index (χ2n) is 6.89. The van der Waals surface area contributed by atoms with Crippen molar-refractivity contribution >= 4 is 28.4 Å². The average Bonchev–Trinajstić information content (AvgIpc) is 3.11. The predicted molar refractivity (Wildman–Crippen MR) is 111 cm³/mol. The van der Waals surface area contributed by atoms with Gasteiger partial charge in [0.25, 0.3) is 0 Å². The van der Waals surface area contributed by atoms with Crippen LogP contribution in [0.3, 0.4) is 0 Å². The quantitative estimate of drug-likeness (QED) is 0.691. The number of nitrogens with one attached hydrogen (secondary N) is 2. The van der Waals surface area contributed by atoms with Gasteiger partial charge in [-0.25, -0.2) is 13.9 Å². The summed E-state index contributed by atoms with van der Waals surface area (Å²) in [6.07, 6.45) is 0.838. The van der Waals surface area contributed by atoms with Crippen molar-refractivity contribution < 1.29 is 13.9 Å². The second kappa shape index (κ2) is 8.48.